The van der Waals surface area contributed by atoms with Crippen molar-refractivity contribution in [1.29, 1.82) is 0 Å². The number of halogens is 1. The van der Waals surface area contributed by atoms with E-state index >= 15 is 0 Å². The average Bonchev–Trinajstić information content (AvgIpc) is 3.03. The summed E-state index contributed by atoms with van der Waals surface area (Å²) in [5.74, 6) is 0.387. The maximum Gasteiger partial charge on any atom is 0.336 e. The van der Waals surface area contributed by atoms with E-state index in [0.717, 1.165) is 15.6 Å². The Kier molecular flexibility index (Phi) is 4.62. The van der Waals surface area contributed by atoms with Gasteiger partial charge in [0.1, 0.15) is 18.0 Å². The predicted molar refractivity (Wildman–Crippen MR) is 87.0 cm³/mol. The monoisotopic (exact) mass is 376 g/mol. The van der Waals surface area contributed by atoms with E-state index in [4.69, 9.17) is 13.6 Å². The Morgan fingerprint density at radius 1 is 1.22 bits per heavy atom. The van der Waals surface area contributed by atoms with E-state index in [1.165, 1.54) is 6.07 Å². The lowest BCUT2D eigenvalue weighted by Crippen LogP contribution is -2.08. The Morgan fingerprint density at radius 3 is 2.87 bits per heavy atom. The van der Waals surface area contributed by atoms with Crippen molar-refractivity contribution in [2.45, 2.75) is 19.4 Å². The van der Waals surface area contributed by atoms with Crippen LogP contribution in [-0.2, 0) is 22.6 Å². The molecule has 2 heterocycles. The molecule has 0 amide bonds. The highest BCUT2D eigenvalue weighted by atomic mass is 79.9. The summed E-state index contributed by atoms with van der Waals surface area (Å²) in [6.07, 6.45) is 2.27. The van der Waals surface area contributed by atoms with Gasteiger partial charge in [-0.05, 0) is 30.3 Å². The van der Waals surface area contributed by atoms with Gasteiger partial charge in [-0.2, -0.15) is 0 Å². The van der Waals surface area contributed by atoms with Crippen LogP contribution in [-0.4, -0.2) is 5.97 Å². The number of hydrogen-bond donors (Lipinski definition) is 0. The summed E-state index contributed by atoms with van der Waals surface area (Å²) >= 11 is 3.33. The fraction of sp³-hybridized carbons (Fsp3) is 0.176. The van der Waals surface area contributed by atoms with Crippen LogP contribution < -0.4 is 5.63 Å². The van der Waals surface area contributed by atoms with E-state index in [2.05, 4.69) is 15.9 Å². The summed E-state index contributed by atoms with van der Waals surface area (Å²) in [6, 6.07) is 10.3. The molecule has 23 heavy (non-hydrogen) atoms. The molecule has 6 heteroatoms. The minimum Gasteiger partial charge on any atom is -0.469 e. The van der Waals surface area contributed by atoms with Gasteiger partial charge in [-0.15, -0.1) is 0 Å². The van der Waals surface area contributed by atoms with Crippen LogP contribution in [0, 0.1) is 0 Å². The van der Waals surface area contributed by atoms with Crippen molar-refractivity contribution in [3.8, 4) is 0 Å². The first-order valence-electron chi connectivity index (χ1n) is 7.02. The van der Waals surface area contributed by atoms with Gasteiger partial charge in [0, 0.05) is 27.9 Å². The number of fused-ring (bicyclic) bond motifs is 1. The second-order valence-corrected chi connectivity index (χ2v) is 5.89. The minimum atomic E-state index is -0.475. The summed E-state index contributed by atoms with van der Waals surface area (Å²) in [7, 11) is 0. The number of ether oxygens (including phenoxy) is 1. The molecule has 0 atom stereocenters. The molecule has 0 aliphatic carbocycles. The van der Waals surface area contributed by atoms with E-state index < -0.39 is 5.63 Å². The topological polar surface area (TPSA) is 69.7 Å². The van der Waals surface area contributed by atoms with Gasteiger partial charge in [-0.1, -0.05) is 15.9 Å². The molecule has 5 nitrogen and oxygen atoms in total. The predicted octanol–water partition coefficient (Wildman–Crippen LogP) is 3.82. The molecular formula is C17H13BrO5. The Balaban J connectivity index is 1.69. The quantitative estimate of drug-likeness (QED) is 0.499. The molecule has 1 aromatic carbocycles. The Bertz CT molecular complexity index is 880. The molecule has 0 N–H and O–H groups in total. The van der Waals surface area contributed by atoms with Gasteiger partial charge < -0.3 is 13.6 Å². The van der Waals surface area contributed by atoms with Crippen LogP contribution in [0.4, 0.5) is 0 Å². The zero-order valence-corrected chi connectivity index (χ0v) is 13.7. The molecular weight excluding hydrogens is 364 g/mol. The van der Waals surface area contributed by atoms with Crippen LogP contribution in [0.5, 0.6) is 0 Å². The maximum atomic E-state index is 11.8. The van der Waals surface area contributed by atoms with Crippen molar-refractivity contribution in [2.75, 3.05) is 0 Å². The van der Waals surface area contributed by atoms with Crippen molar-refractivity contribution in [3.63, 3.8) is 0 Å². The first-order chi connectivity index (χ1) is 11.1. The third-order valence-electron chi connectivity index (χ3n) is 3.34. The van der Waals surface area contributed by atoms with Gasteiger partial charge >= 0.3 is 11.6 Å². The van der Waals surface area contributed by atoms with Crippen LogP contribution in [0.1, 0.15) is 17.7 Å². The van der Waals surface area contributed by atoms with Crippen LogP contribution in [0.3, 0.4) is 0 Å². The van der Waals surface area contributed by atoms with E-state index in [-0.39, 0.29) is 19.0 Å². The van der Waals surface area contributed by atoms with Gasteiger partial charge in [-0.25, -0.2) is 4.79 Å². The van der Waals surface area contributed by atoms with Gasteiger partial charge in [-0.3, -0.25) is 4.79 Å². The Morgan fingerprint density at radius 2 is 2.09 bits per heavy atom. The molecule has 3 aromatic rings. The smallest absolute Gasteiger partial charge is 0.336 e. The Hall–Kier alpha value is -2.34. The number of esters is 1. The van der Waals surface area contributed by atoms with Crippen LogP contribution in [0.15, 0.2) is 60.8 Å². The molecule has 0 aliphatic heterocycles. The van der Waals surface area contributed by atoms with E-state index in [9.17, 15) is 9.59 Å². The van der Waals surface area contributed by atoms with E-state index in [1.54, 1.807) is 24.5 Å². The van der Waals surface area contributed by atoms with Gasteiger partial charge in [0.25, 0.3) is 0 Å². The number of furan rings is 1. The van der Waals surface area contributed by atoms with Gasteiger partial charge in [0.2, 0.25) is 0 Å². The summed E-state index contributed by atoms with van der Waals surface area (Å²) < 4.78 is 16.4. The molecule has 2 aromatic heterocycles. The number of carbonyl (C=O) groups excluding carboxylic acids is 1. The highest BCUT2D eigenvalue weighted by molar-refractivity contribution is 9.10. The standard InChI is InChI=1S/C17H13BrO5/c18-12-3-5-14-11(8-17(20)23-15(14)9-12)10-22-16(19)6-4-13-2-1-7-21-13/h1-3,5,7-9H,4,6,10H2. The molecule has 3 rings (SSSR count). The fourth-order valence-electron chi connectivity index (χ4n) is 2.23. The molecule has 0 radical (unpaired) electrons. The molecule has 118 valence electrons. The summed E-state index contributed by atoms with van der Waals surface area (Å²) in [5, 5.41) is 0.742. The number of hydrogen-bond acceptors (Lipinski definition) is 5. The Labute approximate surface area is 140 Å². The number of carbonyl (C=O) groups is 1. The van der Waals surface area contributed by atoms with Crippen molar-refractivity contribution in [1.82, 2.24) is 0 Å². The lowest BCUT2D eigenvalue weighted by molar-refractivity contribution is -0.144. The van der Waals surface area contributed by atoms with Gasteiger partial charge in [0.05, 0.1) is 12.7 Å². The first kappa shape index (κ1) is 15.6. The number of benzene rings is 1. The normalized spacial score (nSPS) is 10.8. The zero-order valence-electron chi connectivity index (χ0n) is 12.1. The summed E-state index contributed by atoms with van der Waals surface area (Å²) in [5.41, 5.74) is 0.598. The number of rotatable bonds is 5. The van der Waals surface area contributed by atoms with Gasteiger partial charge in [0.15, 0.2) is 0 Å². The molecule has 0 aliphatic rings. The highest BCUT2D eigenvalue weighted by Crippen LogP contribution is 2.22. The highest BCUT2D eigenvalue weighted by Gasteiger charge is 2.10. The zero-order chi connectivity index (χ0) is 16.2. The van der Waals surface area contributed by atoms with E-state index in [1.807, 2.05) is 12.1 Å². The lowest BCUT2D eigenvalue weighted by atomic mass is 10.1. The lowest BCUT2D eigenvalue weighted by Gasteiger charge is -2.07. The van der Waals surface area contributed by atoms with Crippen molar-refractivity contribution >= 4 is 32.9 Å². The molecule has 0 unspecified atom stereocenters. The molecule has 0 fully saturated rings. The molecule has 0 bridgehead atoms. The fourth-order valence-corrected chi connectivity index (χ4v) is 2.57. The second-order valence-electron chi connectivity index (χ2n) is 4.97. The first-order valence-corrected chi connectivity index (χ1v) is 7.81. The van der Waals surface area contributed by atoms with Crippen LogP contribution in [0.25, 0.3) is 11.0 Å². The van der Waals surface area contributed by atoms with Crippen LogP contribution >= 0.6 is 15.9 Å². The minimum absolute atomic E-state index is 0.0285. The van der Waals surface area contributed by atoms with Crippen LogP contribution in [0.2, 0.25) is 0 Å². The largest absolute Gasteiger partial charge is 0.469 e. The summed E-state index contributed by atoms with van der Waals surface area (Å²) in [4.78, 5) is 23.4. The SMILES string of the molecule is O=C(CCc1ccco1)OCc1cc(=O)oc2cc(Br)ccc12. The van der Waals surface area contributed by atoms with Crippen molar-refractivity contribution in [2.24, 2.45) is 0 Å². The maximum absolute atomic E-state index is 11.8. The molecule has 0 spiro atoms. The van der Waals surface area contributed by atoms with E-state index in [0.29, 0.717) is 17.6 Å². The number of aryl methyl sites for hydroxylation is 1. The third kappa shape index (κ3) is 3.90. The van der Waals surface area contributed by atoms with Crippen molar-refractivity contribution in [3.05, 3.63) is 68.9 Å². The van der Waals surface area contributed by atoms with Crippen molar-refractivity contribution < 1.29 is 18.4 Å². The average molecular weight is 377 g/mol. The molecule has 0 saturated heterocycles. The second kappa shape index (κ2) is 6.83. The molecule has 0 saturated carbocycles. The third-order valence-corrected chi connectivity index (χ3v) is 3.83. The summed E-state index contributed by atoms with van der Waals surface area (Å²) in [6.45, 7) is 0.0285.